The van der Waals surface area contributed by atoms with Gasteiger partial charge in [0.15, 0.2) is 0 Å². The molecule has 0 radical (unpaired) electrons. The second-order valence-corrected chi connectivity index (χ2v) is 4.28. The Hall–Kier alpha value is -2.69. The molecule has 1 amide bonds. The van der Waals surface area contributed by atoms with E-state index >= 15 is 0 Å². The van der Waals surface area contributed by atoms with Crippen LogP contribution < -0.4 is 5.73 Å². The highest BCUT2D eigenvalue weighted by Gasteiger charge is 2.13. The number of hydrogen-bond donors (Lipinski definition) is 1. The van der Waals surface area contributed by atoms with E-state index in [0.717, 1.165) is 16.5 Å². The van der Waals surface area contributed by atoms with Crippen molar-refractivity contribution in [1.29, 1.82) is 0 Å². The Labute approximate surface area is 109 Å². The molecule has 5 heteroatoms. The number of nitrogens with two attached hydrogens (primary N) is 1. The van der Waals surface area contributed by atoms with Gasteiger partial charge in [0.1, 0.15) is 5.69 Å². The van der Waals surface area contributed by atoms with Crippen LogP contribution in [0.15, 0.2) is 49.1 Å². The molecule has 0 saturated heterocycles. The highest BCUT2D eigenvalue weighted by molar-refractivity contribution is 5.97. The zero-order valence-corrected chi connectivity index (χ0v) is 10.2. The van der Waals surface area contributed by atoms with Gasteiger partial charge < -0.3 is 10.3 Å². The Kier molecular flexibility index (Phi) is 2.72. The van der Waals surface area contributed by atoms with Crippen LogP contribution in [-0.4, -0.2) is 20.4 Å². The third kappa shape index (κ3) is 2.06. The third-order valence-electron chi connectivity index (χ3n) is 3.02. The van der Waals surface area contributed by atoms with Gasteiger partial charge in [-0.25, -0.2) is 0 Å². The summed E-state index contributed by atoms with van der Waals surface area (Å²) in [6, 6.07) is 7.47. The average Bonchev–Trinajstić information content (AvgIpc) is 2.79. The van der Waals surface area contributed by atoms with E-state index in [1.54, 1.807) is 30.9 Å². The molecule has 0 fully saturated rings. The highest BCUT2D eigenvalue weighted by atomic mass is 16.1. The lowest BCUT2D eigenvalue weighted by Crippen LogP contribution is -2.17. The summed E-state index contributed by atoms with van der Waals surface area (Å²) in [4.78, 5) is 19.7. The first-order valence-electron chi connectivity index (χ1n) is 5.87. The number of carbonyl (C=O) groups excluding carboxylic acids is 1. The van der Waals surface area contributed by atoms with E-state index < -0.39 is 5.91 Å². The van der Waals surface area contributed by atoms with Crippen molar-refractivity contribution in [1.82, 2.24) is 14.5 Å². The number of carbonyl (C=O) groups is 1. The van der Waals surface area contributed by atoms with Gasteiger partial charge in [-0.3, -0.25) is 14.8 Å². The second kappa shape index (κ2) is 4.53. The molecule has 94 valence electrons. The zero-order chi connectivity index (χ0) is 13.2. The molecule has 0 spiro atoms. The van der Waals surface area contributed by atoms with Crippen molar-refractivity contribution in [2.45, 2.75) is 6.54 Å². The first kappa shape index (κ1) is 11.4. The molecule has 3 aromatic rings. The van der Waals surface area contributed by atoms with Crippen molar-refractivity contribution in [3.63, 3.8) is 0 Å². The third-order valence-corrected chi connectivity index (χ3v) is 3.02. The van der Waals surface area contributed by atoms with Crippen LogP contribution in [0.1, 0.15) is 16.1 Å². The zero-order valence-electron chi connectivity index (χ0n) is 10.2. The fraction of sp³-hybridized carbons (Fsp3) is 0.0714. The summed E-state index contributed by atoms with van der Waals surface area (Å²) in [5.41, 5.74) is 7.87. The predicted molar refractivity (Wildman–Crippen MR) is 71.6 cm³/mol. The van der Waals surface area contributed by atoms with Gasteiger partial charge in [0.2, 0.25) is 0 Å². The average molecular weight is 252 g/mol. The van der Waals surface area contributed by atoms with E-state index in [2.05, 4.69) is 9.97 Å². The molecule has 19 heavy (non-hydrogen) atoms. The molecule has 0 saturated carbocycles. The number of aromatic nitrogens is 3. The topological polar surface area (TPSA) is 73.8 Å². The van der Waals surface area contributed by atoms with E-state index in [1.165, 1.54) is 0 Å². The number of nitrogens with zero attached hydrogens (tertiary/aromatic N) is 3. The van der Waals surface area contributed by atoms with E-state index in [4.69, 9.17) is 5.73 Å². The van der Waals surface area contributed by atoms with Crippen LogP contribution >= 0.6 is 0 Å². The van der Waals surface area contributed by atoms with Crippen LogP contribution in [-0.2, 0) is 6.54 Å². The number of rotatable bonds is 3. The SMILES string of the molecule is NC(=O)c1cc2cnccc2n1Cc1cccnc1. The highest BCUT2D eigenvalue weighted by Crippen LogP contribution is 2.20. The van der Waals surface area contributed by atoms with Crippen molar-refractivity contribution in [3.05, 3.63) is 60.3 Å². The van der Waals surface area contributed by atoms with E-state index in [0.29, 0.717) is 12.2 Å². The predicted octanol–water partition coefficient (Wildman–Crippen LogP) is 1.58. The minimum atomic E-state index is -0.444. The number of amides is 1. The lowest BCUT2D eigenvalue weighted by molar-refractivity contribution is 0.0992. The maximum atomic E-state index is 11.5. The quantitative estimate of drug-likeness (QED) is 0.769. The summed E-state index contributed by atoms with van der Waals surface area (Å²) in [5, 5.41) is 0.903. The van der Waals surface area contributed by atoms with Crippen LogP contribution in [0.5, 0.6) is 0 Å². The normalized spacial score (nSPS) is 10.7. The van der Waals surface area contributed by atoms with E-state index in [9.17, 15) is 4.79 Å². The van der Waals surface area contributed by atoms with Crippen LogP contribution in [0.2, 0.25) is 0 Å². The van der Waals surface area contributed by atoms with Gasteiger partial charge in [-0.2, -0.15) is 0 Å². The summed E-state index contributed by atoms with van der Waals surface area (Å²) in [6.45, 7) is 0.555. The van der Waals surface area contributed by atoms with Crippen molar-refractivity contribution in [3.8, 4) is 0 Å². The van der Waals surface area contributed by atoms with Crippen LogP contribution in [0, 0.1) is 0 Å². The summed E-state index contributed by atoms with van der Waals surface area (Å²) in [5.74, 6) is -0.444. The van der Waals surface area contributed by atoms with Crippen LogP contribution in [0.4, 0.5) is 0 Å². The monoisotopic (exact) mass is 252 g/mol. The first-order valence-corrected chi connectivity index (χ1v) is 5.87. The fourth-order valence-corrected chi connectivity index (χ4v) is 2.16. The Morgan fingerprint density at radius 1 is 1.21 bits per heavy atom. The largest absolute Gasteiger partial charge is 0.364 e. The molecule has 0 aliphatic heterocycles. The van der Waals surface area contributed by atoms with Gasteiger partial charge in [0, 0.05) is 36.7 Å². The molecule has 3 heterocycles. The molecular formula is C14H12N4O. The number of primary amides is 1. The van der Waals surface area contributed by atoms with Crippen molar-refractivity contribution >= 4 is 16.8 Å². The smallest absolute Gasteiger partial charge is 0.265 e. The minimum Gasteiger partial charge on any atom is -0.364 e. The molecular weight excluding hydrogens is 240 g/mol. The summed E-state index contributed by atoms with van der Waals surface area (Å²) in [6.07, 6.45) is 6.92. The summed E-state index contributed by atoms with van der Waals surface area (Å²) >= 11 is 0. The van der Waals surface area contributed by atoms with Crippen molar-refractivity contribution in [2.75, 3.05) is 0 Å². The summed E-state index contributed by atoms with van der Waals surface area (Å²) < 4.78 is 1.89. The van der Waals surface area contributed by atoms with Gasteiger partial charge >= 0.3 is 0 Å². The molecule has 0 unspecified atom stereocenters. The Balaban J connectivity index is 2.15. The Morgan fingerprint density at radius 2 is 2.05 bits per heavy atom. The Morgan fingerprint density at radius 3 is 2.79 bits per heavy atom. The molecule has 3 aromatic heterocycles. The van der Waals surface area contributed by atoms with Gasteiger partial charge in [-0.15, -0.1) is 0 Å². The van der Waals surface area contributed by atoms with E-state index in [1.807, 2.05) is 22.8 Å². The fourth-order valence-electron chi connectivity index (χ4n) is 2.16. The van der Waals surface area contributed by atoms with Gasteiger partial charge in [0.05, 0.1) is 5.52 Å². The maximum absolute atomic E-state index is 11.5. The second-order valence-electron chi connectivity index (χ2n) is 4.28. The number of hydrogen-bond acceptors (Lipinski definition) is 3. The molecule has 0 aliphatic rings. The Bertz CT molecular complexity index is 734. The minimum absolute atomic E-state index is 0.444. The molecule has 0 aromatic carbocycles. The van der Waals surface area contributed by atoms with Crippen LogP contribution in [0.25, 0.3) is 10.9 Å². The lowest BCUT2D eigenvalue weighted by atomic mass is 10.3. The molecule has 3 rings (SSSR count). The van der Waals surface area contributed by atoms with Crippen LogP contribution in [0.3, 0.4) is 0 Å². The van der Waals surface area contributed by atoms with Gasteiger partial charge in [-0.1, -0.05) is 6.07 Å². The van der Waals surface area contributed by atoms with Crippen molar-refractivity contribution in [2.24, 2.45) is 5.73 Å². The number of pyridine rings is 2. The summed E-state index contributed by atoms with van der Waals surface area (Å²) in [7, 11) is 0. The standard InChI is InChI=1S/C14H12N4O/c15-14(19)13-6-11-8-17-5-3-12(11)18(13)9-10-2-1-4-16-7-10/h1-8H,9H2,(H2,15,19). The molecule has 0 bridgehead atoms. The van der Waals surface area contributed by atoms with Crippen molar-refractivity contribution < 1.29 is 4.79 Å². The first-order chi connectivity index (χ1) is 9.25. The number of fused-ring (bicyclic) bond motifs is 1. The maximum Gasteiger partial charge on any atom is 0.265 e. The van der Waals surface area contributed by atoms with Gasteiger partial charge in [0.25, 0.3) is 5.91 Å². The molecule has 2 N–H and O–H groups in total. The van der Waals surface area contributed by atoms with Gasteiger partial charge in [-0.05, 0) is 23.8 Å². The molecule has 0 aliphatic carbocycles. The molecule has 0 atom stereocenters. The lowest BCUT2D eigenvalue weighted by Gasteiger charge is -2.08. The molecule has 5 nitrogen and oxygen atoms in total. The van der Waals surface area contributed by atoms with E-state index in [-0.39, 0.29) is 0 Å².